The molecule has 96 valence electrons. The van der Waals surface area contributed by atoms with E-state index in [9.17, 15) is 4.79 Å². The molecule has 0 unspecified atom stereocenters. The average molecular weight is 273 g/mol. The fraction of sp³-hybridized carbons (Fsp3) is 0.308. The van der Waals surface area contributed by atoms with Crippen molar-refractivity contribution in [3.8, 4) is 11.5 Å². The summed E-state index contributed by atoms with van der Waals surface area (Å²) in [6.07, 6.45) is 2.30. The molecule has 1 N–H and O–H groups in total. The summed E-state index contributed by atoms with van der Waals surface area (Å²) in [5, 5.41) is 6.87. The zero-order valence-electron chi connectivity index (χ0n) is 10.0. The number of carbonyl (C=O) groups is 1. The van der Waals surface area contributed by atoms with Gasteiger partial charge in [-0.1, -0.05) is 5.16 Å². The summed E-state index contributed by atoms with van der Waals surface area (Å²) in [5.74, 6) is 2.29. The molecule has 0 saturated heterocycles. The molecule has 1 aromatic heterocycles. The van der Waals surface area contributed by atoms with Crippen molar-refractivity contribution in [2.24, 2.45) is 0 Å². The predicted molar refractivity (Wildman–Crippen MR) is 71.1 cm³/mol. The van der Waals surface area contributed by atoms with Crippen LogP contribution in [-0.4, -0.2) is 21.8 Å². The van der Waals surface area contributed by atoms with Crippen molar-refractivity contribution >= 4 is 23.4 Å². The van der Waals surface area contributed by atoms with E-state index < -0.39 is 0 Å². The van der Waals surface area contributed by atoms with Crippen LogP contribution in [-0.2, 0) is 4.79 Å². The maximum absolute atomic E-state index is 11.4. The Hall–Kier alpha value is -1.82. The molecule has 2 heterocycles. The molecule has 1 amide bonds. The zero-order valence-corrected chi connectivity index (χ0v) is 10.9. The summed E-state index contributed by atoms with van der Waals surface area (Å²) in [6, 6.07) is 5.83. The highest BCUT2D eigenvalue weighted by Gasteiger charge is 2.29. The Balaban J connectivity index is 1.70. The topological polar surface area (TPSA) is 68.0 Å². The summed E-state index contributed by atoms with van der Waals surface area (Å²) in [7, 11) is 0. The Labute approximate surface area is 113 Å². The molecule has 1 fully saturated rings. The van der Waals surface area contributed by atoms with Gasteiger partial charge in [-0.3, -0.25) is 4.79 Å². The molecule has 1 saturated carbocycles. The molecule has 2 aliphatic rings. The molecule has 1 aliphatic heterocycles. The van der Waals surface area contributed by atoms with Crippen LogP contribution in [0.15, 0.2) is 27.6 Å². The highest BCUT2D eigenvalue weighted by atomic mass is 32.2. The van der Waals surface area contributed by atoms with E-state index in [4.69, 9.17) is 4.52 Å². The van der Waals surface area contributed by atoms with Gasteiger partial charge in [-0.15, -0.1) is 11.8 Å². The van der Waals surface area contributed by atoms with Crippen molar-refractivity contribution in [1.82, 2.24) is 10.1 Å². The molecule has 19 heavy (non-hydrogen) atoms. The number of hydrogen-bond acceptors (Lipinski definition) is 5. The summed E-state index contributed by atoms with van der Waals surface area (Å²) in [5.41, 5.74) is 1.67. The quantitative estimate of drug-likeness (QED) is 0.911. The number of fused-ring (bicyclic) bond motifs is 1. The number of thioether (sulfide) groups is 1. The van der Waals surface area contributed by atoms with Crippen LogP contribution in [0.4, 0.5) is 5.69 Å². The standard InChI is InChI=1S/C13H11N3O2S/c17-11-6-19-10-4-3-8(5-9(10)14-11)13-15-12(16-18-13)7-1-2-7/h3-5,7H,1-2,6H2,(H,14,17). The lowest BCUT2D eigenvalue weighted by Crippen LogP contribution is -2.18. The van der Waals surface area contributed by atoms with Crippen LogP contribution in [0, 0.1) is 0 Å². The van der Waals surface area contributed by atoms with Gasteiger partial charge in [-0.2, -0.15) is 4.98 Å². The Bertz CT molecular complexity index is 664. The Morgan fingerprint density at radius 2 is 2.26 bits per heavy atom. The second-order valence-corrected chi connectivity index (χ2v) is 5.80. The molecule has 0 bridgehead atoms. The molecule has 2 aromatic rings. The van der Waals surface area contributed by atoms with E-state index in [2.05, 4.69) is 15.5 Å². The van der Waals surface area contributed by atoms with Gasteiger partial charge in [0.1, 0.15) is 0 Å². The molecule has 1 aliphatic carbocycles. The number of hydrogen-bond donors (Lipinski definition) is 1. The second-order valence-electron chi connectivity index (χ2n) is 4.78. The van der Waals surface area contributed by atoms with Crippen molar-refractivity contribution in [2.45, 2.75) is 23.7 Å². The monoisotopic (exact) mass is 273 g/mol. The normalized spacial score (nSPS) is 18.0. The molecule has 6 heteroatoms. The van der Waals surface area contributed by atoms with Crippen LogP contribution in [0.25, 0.3) is 11.5 Å². The third kappa shape index (κ3) is 2.02. The fourth-order valence-electron chi connectivity index (χ4n) is 2.08. The van der Waals surface area contributed by atoms with E-state index in [1.54, 1.807) is 11.8 Å². The second kappa shape index (κ2) is 4.09. The van der Waals surface area contributed by atoms with Gasteiger partial charge in [0.15, 0.2) is 5.82 Å². The molecule has 5 nitrogen and oxygen atoms in total. The fourth-order valence-corrected chi connectivity index (χ4v) is 2.86. The highest BCUT2D eigenvalue weighted by Crippen LogP contribution is 2.39. The SMILES string of the molecule is O=C1CSc2ccc(-c3nc(C4CC4)no3)cc2N1. The lowest BCUT2D eigenvalue weighted by atomic mass is 10.2. The number of nitrogens with zero attached hydrogens (tertiary/aromatic N) is 2. The minimum atomic E-state index is 0.0267. The number of aromatic nitrogens is 2. The third-order valence-corrected chi connectivity index (χ3v) is 4.32. The van der Waals surface area contributed by atoms with Crippen molar-refractivity contribution in [3.63, 3.8) is 0 Å². The Morgan fingerprint density at radius 1 is 1.37 bits per heavy atom. The van der Waals surface area contributed by atoms with E-state index in [0.29, 0.717) is 17.6 Å². The van der Waals surface area contributed by atoms with Crippen molar-refractivity contribution in [1.29, 1.82) is 0 Å². The van der Waals surface area contributed by atoms with Crippen LogP contribution in [0.2, 0.25) is 0 Å². The van der Waals surface area contributed by atoms with E-state index in [0.717, 1.165) is 34.8 Å². The van der Waals surface area contributed by atoms with Crippen molar-refractivity contribution in [3.05, 3.63) is 24.0 Å². The van der Waals surface area contributed by atoms with Crippen molar-refractivity contribution in [2.75, 3.05) is 11.1 Å². The first-order chi connectivity index (χ1) is 9.29. The van der Waals surface area contributed by atoms with Crippen LogP contribution in [0.5, 0.6) is 0 Å². The van der Waals surface area contributed by atoms with Gasteiger partial charge < -0.3 is 9.84 Å². The zero-order chi connectivity index (χ0) is 12.8. The van der Waals surface area contributed by atoms with Gasteiger partial charge in [0, 0.05) is 16.4 Å². The lowest BCUT2D eigenvalue weighted by Gasteiger charge is -2.16. The van der Waals surface area contributed by atoms with Crippen LogP contribution < -0.4 is 5.32 Å². The average Bonchev–Trinajstić information content (AvgIpc) is 3.16. The molecule has 0 radical (unpaired) electrons. The summed E-state index contributed by atoms with van der Waals surface area (Å²) in [6.45, 7) is 0. The van der Waals surface area contributed by atoms with Gasteiger partial charge in [-0.25, -0.2) is 0 Å². The Morgan fingerprint density at radius 3 is 3.11 bits per heavy atom. The van der Waals surface area contributed by atoms with Gasteiger partial charge in [0.2, 0.25) is 5.91 Å². The highest BCUT2D eigenvalue weighted by molar-refractivity contribution is 8.00. The number of nitrogens with one attached hydrogen (secondary N) is 1. The van der Waals surface area contributed by atoms with Crippen LogP contribution >= 0.6 is 11.8 Å². The number of rotatable bonds is 2. The smallest absolute Gasteiger partial charge is 0.258 e. The first kappa shape index (κ1) is 11.0. The molecule has 0 atom stereocenters. The minimum Gasteiger partial charge on any atom is -0.334 e. The molecule has 0 spiro atoms. The summed E-state index contributed by atoms with van der Waals surface area (Å²) < 4.78 is 5.29. The van der Waals surface area contributed by atoms with Crippen LogP contribution in [0.1, 0.15) is 24.6 Å². The van der Waals surface area contributed by atoms with E-state index in [1.807, 2.05) is 18.2 Å². The minimum absolute atomic E-state index is 0.0267. The number of benzene rings is 1. The van der Waals surface area contributed by atoms with E-state index >= 15 is 0 Å². The van der Waals surface area contributed by atoms with E-state index in [-0.39, 0.29) is 5.91 Å². The maximum atomic E-state index is 11.4. The van der Waals surface area contributed by atoms with E-state index in [1.165, 1.54) is 0 Å². The summed E-state index contributed by atoms with van der Waals surface area (Å²) in [4.78, 5) is 16.9. The predicted octanol–water partition coefficient (Wildman–Crippen LogP) is 2.66. The largest absolute Gasteiger partial charge is 0.334 e. The molecular formula is C13H11N3O2S. The molecule has 4 rings (SSSR count). The van der Waals surface area contributed by atoms with Gasteiger partial charge in [0.05, 0.1) is 11.4 Å². The number of amides is 1. The first-order valence-electron chi connectivity index (χ1n) is 6.20. The van der Waals surface area contributed by atoms with Crippen molar-refractivity contribution < 1.29 is 9.32 Å². The van der Waals surface area contributed by atoms with Gasteiger partial charge >= 0.3 is 0 Å². The third-order valence-electron chi connectivity index (χ3n) is 3.24. The first-order valence-corrected chi connectivity index (χ1v) is 7.19. The maximum Gasteiger partial charge on any atom is 0.258 e. The lowest BCUT2D eigenvalue weighted by molar-refractivity contribution is -0.113. The van der Waals surface area contributed by atoms with Crippen LogP contribution in [0.3, 0.4) is 0 Å². The Kier molecular flexibility index (Phi) is 2.38. The number of carbonyl (C=O) groups excluding carboxylic acids is 1. The van der Waals surface area contributed by atoms with Gasteiger partial charge in [0.25, 0.3) is 5.89 Å². The molecular weight excluding hydrogens is 262 g/mol. The molecule has 1 aromatic carbocycles. The number of anilines is 1. The summed E-state index contributed by atoms with van der Waals surface area (Å²) >= 11 is 1.54. The van der Waals surface area contributed by atoms with Gasteiger partial charge in [-0.05, 0) is 31.0 Å².